The van der Waals surface area contributed by atoms with E-state index in [1.165, 1.54) is 6.07 Å². The van der Waals surface area contributed by atoms with Crippen LogP contribution in [0.3, 0.4) is 0 Å². The summed E-state index contributed by atoms with van der Waals surface area (Å²) in [6.45, 7) is 1.73. The van der Waals surface area contributed by atoms with Crippen molar-refractivity contribution in [1.82, 2.24) is 10.2 Å². The van der Waals surface area contributed by atoms with Crippen LogP contribution in [0.15, 0.2) is 48.5 Å². The first-order chi connectivity index (χ1) is 14.8. The highest BCUT2D eigenvalue weighted by Crippen LogP contribution is 2.36. The SMILES string of the molecule is O=C(Nc1ccc(Cl)cc1C(F)(F)F)[C@H](NCCCN1CCCC1=O)c1ccccc1. The monoisotopic (exact) mass is 453 g/mol. The van der Waals surface area contributed by atoms with Gasteiger partial charge in [-0.15, -0.1) is 0 Å². The summed E-state index contributed by atoms with van der Waals surface area (Å²) in [6, 6.07) is 11.1. The molecule has 2 amide bonds. The van der Waals surface area contributed by atoms with E-state index in [4.69, 9.17) is 11.6 Å². The van der Waals surface area contributed by atoms with Gasteiger partial charge in [0.05, 0.1) is 11.3 Å². The van der Waals surface area contributed by atoms with Crippen LogP contribution in [0.1, 0.15) is 36.4 Å². The molecule has 5 nitrogen and oxygen atoms in total. The normalized spacial score (nSPS) is 15.2. The lowest BCUT2D eigenvalue weighted by Gasteiger charge is -2.22. The standard InChI is InChI=1S/C22H23ClF3N3O2/c23-16-9-10-18(17(14-16)22(24,25)26)28-21(31)20(15-6-2-1-3-7-15)27-11-5-13-29-12-4-8-19(29)30/h1-3,6-7,9-10,14,20,27H,4-5,8,11-13H2,(H,28,31)/t20-/m1/s1. The van der Waals surface area contributed by atoms with Crippen molar-refractivity contribution >= 4 is 29.1 Å². The molecule has 2 aromatic rings. The van der Waals surface area contributed by atoms with Gasteiger partial charge in [-0.1, -0.05) is 41.9 Å². The number of carbonyl (C=O) groups excluding carboxylic acids is 2. The molecule has 0 bridgehead atoms. The summed E-state index contributed by atoms with van der Waals surface area (Å²) in [7, 11) is 0. The van der Waals surface area contributed by atoms with Crippen LogP contribution in [0.5, 0.6) is 0 Å². The maximum absolute atomic E-state index is 13.4. The Balaban J connectivity index is 1.71. The minimum Gasteiger partial charge on any atom is -0.343 e. The highest BCUT2D eigenvalue weighted by atomic mass is 35.5. The number of nitrogens with one attached hydrogen (secondary N) is 2. The molecule has 1 heterocycles. The summed E-state index contributed by atoms with van der Waals surface area (Å²) >= 11 is 5.71. The number of alkyl halides is 3. The van der Waals surface area contributed by atoms with Crippen LogP contribution in [-0.2, 0) is 15.8 Å². The largest absolute Gasteiger partial charge is 0.418 e. The predicted molar refractivity (Wildman–Crippen MR) is 113 cm³/mol. The van der Waals surface area contributed by atoms with Crippen LogP contribution in [0.4, 0.5) is 18.9 Å². The van der Waals surface area contributed by atoms with Gasteiger partial charge in [0.2, 0.25) is 11.8 Å². The second-order valence-electron chi connectivity index (χ2n) is 7.31. The van der Waals surface area contributed by atoms with Gasteiger partial charge in [-0.2, -0.15) is 13.2 Å². The van der Waals surface area contributed by atoms with Gasteiger partial charge in [-0.05, 0) is 43.1 Å². The molecule has 9 heteroatoms. The minimum atomic E-state index is -4.66. The Hall–Kier alpha value is -2.58. The van der Waals surface area contributed by atoms with E-state index in [1.54, 1.807) is 35.2 Å². The number of likely N-dealkylation sites (tertiary alicyclic amines) is 1. The lowest BCUT2D eigenvalue weighted by Crippen LogP contribution is -2.35. The van der Waals surface area contributed by atoms with Crippen molar-refractivity contribution in [3.05, 3.63) is 64.7 Å². The van der Waals surface area contributed by atoms with Gasteiger partial charge in [0.25, 0.3) is 0 Å². The van der Waals surface area contributed by atoms with Crippen molar-refractivity contribution in [3.63, 3.8) is 0 Å². The van der Waals surface area contributed by atoms with E-state index in [0.717, 1.165) is 25.1 Å². The number of rotatable bonds is 8. The third-order valence-corrected chi connectivity index (χ3v) is 5.30. The number of halogens is 4. The summed E-state index contributed by atoms with van der Waals surface area (Å²) in [5.41, 5.74) is -0.736. The molecular weight excluding hydrogens is 431 g/mol. The zero-order valence-electron chi connectivity index (χ0n) is 16.7. The fraction of sp³-hybridized carbons (Fsp3) is 0.364. The summed E-state index contributed by atoms with van der Waals surface area (Å²) in [4.78, 5) is 26.4. The minimum absolute atomic E-state index is 0.0699. The van der Waals surface area contributed by atoms with E-state index in [9.17, 15) is 22.8 Å². The molecule has 31 heavy (non-hydrogen) atoms. The molecule has 166 valence electrons. The maximum atomic E-state index is 13.4. The van der Waals surface area contributed by atoms with Crippen molar-refractivity contribution in [3.8, 4) is 0 Å². The number of hydrogen-bond donors (Lipinski definition) is 2. The van der Waals surface area contributed by atoms with Crippen molar-refractivity contribution in [2.24, 2.45) is 0 Å². The third kappa shape index (κ3) is 6.21. The van der Waals surface area contributed by atoms with Gasteiger partial charge in [0.1, 0.15) is 6.04 Å². The van der Waals surface area contributed by atoms with Crippen molar-refractivity contribution in [2.75, 3.05) is 25.0 Å². The second kappa shape index (κ2) is 10.2. The molecule has 0 radical (unpaired) electrons. The highest BCUT2D eigenvalue weighted by molar-refractivity contribution is 6.30. The van der Waals surface area contributed by atoms with E-state index in [2.05, 4.69) is 10.6 Å². The van der Waals surface area contributed by atoms with Gasteiger partial charge in [-0.25, -0.2) is 0 Å². The lowest BCUT2D eigenvalue weighted by molar-refractivity contribution is -0.137. The van der Waals surface area contributed by atoms with Gasteiger partial charge in [0.15, 0.2) is 0 Å². The summed E-state index contributed by atoms with van der Waals surface area (Å²) < 4.78 is 40.1. The van der Waals surface area contributed by atoms with Crippen LogP contribution in [0, 0.1) is 0 Å². The average molecular weight is 454 g/mol. The van der Waals surface area contributed by atoms with Crippen LogP contribution in [0.25, 0.3) is 0 Å². The van der Waals surface area contributed by atoms with E-state index >= 15 is 0 Å². The molecule has 3 rings (SSSR count). The Bertz CT molecular complexity index is 922. The smallest absolute Gasteiger partial charge is 0.343 e. The van der Waals surface area contributed by atoms with Crippen LogP contribution in [0.2, 0.25) is 5.02 Å². The molecule has 0 saturated carbocycles. The first-order valence-corrected chi connectivity index (χ1v) is 10.4. The van der Waals surface area contributed by atoms with E-state index < -0.39 is 23.7 Å². The van der Waals surface area contributed by atoms with Crippen molar-refractivity contribution < 1.29 is 22.8 Å². The number of carbonyl (C=O) groups is 2. The molecule has 1 fully saturated rings. The first-order valence-electron chi connectivity index (χ1n) is 9.99. The molecule has 0 aliphatic carbocycles. The summed E-state index contributed by atoms with van der Waals surface area (Å²) in [6.07, 6.45) is -2.63. The number of hydrogen-bond acceptors (Lipinski definition) is 3. The molecule has 0 spiro atoms. The molecular formula is C22H23ClF3N3O2. The Kier molecular flexibility index (Phi) is 7.56. The number of nitrogens with zero attached hydrogens (tertiary/aromatic N) is 1. The van der Waals surface area contributed by atoms with E-state index in [-0.39, 0.29) is 16.6 Å². The van der Waals surface area contributed by atoms with E-state index in [1.807, 2.05) is 0 Å². The van der Waals surface area contributed by atoms with Crippen LogP contribution < -0.4 is 10.6 Å². The third-order valence-electron chi connectivity index (χ3n) is 5.06. The Morgan fingerprint density at radius 3 is 2.55 bits per heavy atom. The average Bonchev–Trinajstić information content (AvgIpc) is 3.14. The molecule has 2 aromatic carbocycles. The Morgan fingerprint density at radius 1 is 1.16 bits per heavy atom. The van der Waals surface area contributed by atoms with Gasteiger partial charge in [0, 0.05) is 24.5 Å². The molecule has 1 aliphatic heterocycles. The first kappa shape index (κ1) is 23.1. The van der Waals surface area contributed by atoms with E-state index in [0.29, 0.717) is 31.5 Å². The van der Waals surface area contributed by atoms with Crippen molar-refractivity contribution in [2.45, 2.75) is 31.5 Å². The van der Waals surface area contributed by atoms with Gasteiger partial charge < -0.3 is 15.5 Å². The number of anilines is 1. The molecule has 1 aliphatic rings. The maximum Gasteiger partial charge on any atom is 0.418 e. The van der Waals surface area contributed by atoms with Crippen LogP contribution in [-0.4, -0.2) is 36.3 Å². The van der Waals surface area contributed by atoms with Gasteiger partial charge in [-0.3, -0.25) is 9.59 Å². The second-order valence-corrected chi connectivity index (χ2v) is 7.75. The van der Waals surface area contributed by atoms with Crippen LogP contribution >= 0.6 is 11.6 Å². The zero-order valence-corrected chi connectivity index (χ0v) is 17.5. The highest BCUT2D eigenvalue weighted by Gasteiger charge is 2.35. The molecule has 0 unspecified atom stereocenters. The zero-order chi connectivity index (χ0) is 22.4. The van der Waals surface area contributed by atoms with Crippen molar-refractivity contribution in [1.29, 1.82) is 0 Å². The summed E-state index contributed by atoms with van der Waals surface area (Å²) in [5.74, 6) is -0.490. The Labute approximate surface area is 183 Å². The quantitative estimate of drug-likeness (QED) is 0.572. The molecule has 1 atom stereocenters. The van der Waals surface area contributed by atoms with Gasteiger partial charge >= 0.3 is 6.18 Å². The number of amides is 2. The molecule has 2 N–H and O–H groups in total. The summed E-state index contributed by atoms with van der Waals surface area (Å²) in [5, 5.41) is 5.42. The molecule has 1 saturated heterocycles. The fourth-order valence-electron chi connectivity index (χ4n) is 3.53. The Morgan fingerprint density at radius 2 is 1.90 bits per heavy atom. The molecule has 0 aromatic heterocycles. The number of benzene rings is 2. The fourth-order valence-corrected chi connectivity index (χ4v) is 3.70. The lowest BCUT2D eigenvalue weighted by atomic mass is 10.1. The predicted octanol–water partition coefficient (Wildman–Crippen LogP) is 4.64. The topological polar surface area (TPSA) is 61.4 Å².